The number of rotatable bonds is 3. The summed E-state index contributed by atoms with van der Waals surface area (Å²) in [7, 11) is 0. The lowest BCUT2D eigenvalue weighted by molar-refractivity contribution is -0.152. The van der Waals surface area contributed by atoms with Crippen LogP contribution in [0.5, 0.6) is 0 Å². The highest BCUT2D eigenvalue weighted by atomic mass is 19.4. The van der Waals surface area contributed by atoms with E-state index in [2.05, 4.69) is 0 Å². The van der Waals surface area contributed by atoms with Crippen molar-refractivity contribution in [3.05, 3.63) is 0 Å². The molecule has 1 unspecified atom stereocenters. The molecule has 8 heteroatoms. The van der Waals surface area contributed by atoms with Crippen LogP contribution in [-0.2, 0) is 14.3 Å². The number of carbonyl (C=O) groups excluding carboxylic acids is 2. The van der Waals surface area contributed by atoms with E-state index in [1.807, 2.05) is 0 Å². The summed E-state index contributed by atoms with van der Waals surface area (Å²) in [6.45, 7) is 6.70. The van der Waals surface area contributed by atoms with Crippen molar-refractivity contribution >= 4 is 12.1 Å². The molecule has 3 atom stereocenters. The number of alkyl halides is 3. The molecule has 0 aromatic heterocycles. The summed E-state index contributed by atoms with van der Waals surface area (Å²) in [6, 6.07) is -1.63. The molecule has 0 bridgehead atoms. The van der Waals surface area contributed by atoms with Gasteiger partial charge in [0.2, 0.25) is 0 Å². The van der Waals surface area contributed by atoms with Gasteiger partial charge in [0.1, 0.15) is 11.6 Å². The Balaban J connectivity index is 2.20. The van der Waals surface area contributed by atoms with Crippen LogP contribution in [0.2, 0.25) is 0 Å². The van der Waals surface area contributed by atoms with Gasteiger partial charge >= 0.3 is 18.2 Å². The molecule has 0 radical (unpaired) electrons. The molecule has 1 saturated heterocycles. The van der Waals surface area contributed by atoms with Gasteiger partial charge in [-0.25, -0.2) is 9.59 Å². The number of fused-ring (bicyclic) bond motifs is 1. The third-order valence-corrected chi connectivity index (χ3v) is 4.13. The van der Waals surface area contributed by atoms with Crippen LogP contribution in [-0.4, -0.2) is 47.4 Å². The van der Waals surface area contributed by atoms with Crippen LogP contribution in [0.4, 0.5) is 18.0 Å². The van der Waals surface area contributed by atoms with E-state index in [9.17, 15) is 22.8 Å². The molecular formula is C15H22F3NO4. The number of nitrogens with zero attached hydrogens (tertiary/aromatic N) is 1. The molecule has 0 aromatic carbocycles. The molecule has 1 amide bonds. The maximum absolute atomic E-state index is 12.8. The van der Waals surface area contributed by atoms with Crippen LogP contribution >= 0.6 is 0 Å². The predicted octanol–water partition coefficient (Wildman–Crippen LogP) is 3.27. The van der Waals surface area contributed by atoms with Gasteiger partial charge in [0.05, 0.1) is 13.0 Å². The van der Waals surface area contributed by atoms with E-state index in [4.69, 9.17) is 9.47 Å². The standard InChI is InChI=1S/C15H22F3NO4/c1-5-22-11(20)9-6-14(8-15(16,17)18)7-10(14)19(9)12(21)23-13(2,3)4/h9-10H,5-8H2,1-4H3/t9?,10-,14+/m0/s1. The molecule has 2 aliphatic rings. The highest BCUT2D eigenvalue weighted by molar-refractivity contribution is 5.83. The van der Waals surface area contributed by atoms with Crippen LogP contribution in [0.3, 0.4) is 0 Å². The number of halogens is 3. The van der Waals surface area contributed by atoms with Crippen LogP contribution in [0.1, 0.15) is 47.0 Å². The molecule has 1 aliphatic heterocycles. The first-order valence-corrected chi connectivity index (χ1v) is 7.63. The Kier molecular flexibility index (Phi) is 4.32. The van der Waals surface area contributed by atoms with Gasteiger partial charge in [-0.3, -0.25) is 4.90 Å². The van der Waals surface area contributed by atoms with Gasteiger partial charge in [-0.15, -0.1) is 0 Å². The SMILES string of the molecule is CCOC(=O)C1C[C@]2(CC(F)(F)F)C[C@@H]2N1C(=O)OC(C)(C)C. The highest BCUT2D eigenvalue weighted by Gasteiger charge is 2.70. The number of esters is 1. The minimum Gasteiger partial charge on any atom is -0.464 e. The third-order valence-electron chi connectivity index (χ3n) is 4.13. The smallest absolute Gasteiger partial charge is 0.411 e. The van der Waals surface area contributed by atoms with E-state index >= 15 is 0 Å². The minimum atomic E-state index is -4.34. The second-order valence-corrected chi connectivity index (χ2v) is 7.23. The van der Waals surface area contributed by atoms with Crippen molar-refractivity contribution in [2.45, 2.75) is 70.8 Å². The molecular weight excluding hydrogens is 315 g/mol. The minimum absolute atomic E-state index is 0.0325. The Bertz CT molecular complexity index is 500. The molecule has 2 rings (SSSR count). The van der Waals surface area contributed by atoms with Gasteiger partial charge in [-0.2, -0.15) is 13.2 Å². The summed E-state index contributed by atoms with van der Waals surface area (Å²) in [5, 5.41) is 0. The van der Waals surface area contributed by atoms with E-state index in [0.29, 0.717) is 0 Å². The van der Waals surface area contributed by atoms with Crippen molar-refractivity contribution < 1.29 is 32.2 Å². The zero-order valence-electron chi connectivity index (χ0n) is 13.7. The maximum Gasteiger partial charge on any atom is 0.411 e. The van der Waals surface area contributed by atoms with Gasteiger partial charge in [-0.05, 0) is 40.5 Å². The average Bonchev–Trinajstić information content (AvgIpc) is 2.88. The predicted molar refractivity (Wildman–Crippen MR) is 74.6 cm³/mol. The number of amides is 1. The Morgan fingerprint density at radius 3 is 2.30 bits per heavy atom. The number of hydrogen-bond acceptors (Lipinski definition) is 4. The molecule has 1 heterocycles. The Morgan fingerprint density at radius 1 is 1.22 bits per heavy atom. The molecule has 5 nitrogen and oxygen atoms in total. The normalized spacial score (nSPS) is 30.0. The zero-order valence-corrected chi connectivity index (χ0v) is 13.7. The van der Waals surface area contributed by atoms with Gasteiger partial charge in [0.25, 0.3) is 0 Å². The average molecular weight is 337 g/mol. The summed E-state index contributed by atoms with van der Waals surface area (Å²) >= 11 is 0. The van der Waals surface area contributed by atoms with Gasteiger partial charge in [0, 0.05) is 11.5 Å². The lowest BCUT2D eigenvalue weighted by Crippen LogP contribution is -2.46. The number of ether oxygens (including phenoxy) is 2. The summed E-state index contributed by atoms with van der Waals surface area (Å²) in [5.41, 5.74) is -1.87. The summed E-state index contributed by atoms with van der Waals surface area (Å²) in [4.78, 5) is 25.5. The van der Waals surface area contributed by atoms with Crippen molar-refractivity contribution in [1.82, 2.24) is 4.90 Å². The number of hydrogen-bond donors (Lipinski definition) is 0. The summed E-state index contributed by atoms with van der Waals surface area (Å²) in [5.74, 6) is -0.674. The maximum atomic E-state index is 12.8. The largest absolute Gasteiger partial charge is 0.464 e. The van der Waals surface area contributed by atoms with Crippen LogP contribution < -0.4 is 0 Å². The van der Waals surface area contributed by atoms with Gasteiger partial charge < -0.3 is 9.47 Å². The van der Waals surface area contributed by atoms with Crippen molar-refractivity contribution in [2.24, 2.45) is 5.41 Å². The first-order valence-electron chi connectivity index (χ1n) is 7.63. The second-order valence-electron chi connectivity index (χ2n) is 7.23. The lowest BCUT2D eigenvalue weighted by atomic mass is 9.95. The van der Waals surface area contributed by atoms with Gasteiger partial charge in [-0.1, -0.05) is 0 Å². The van der Waals surface area contributed by atoms with Gasteiger partial charge in [0.15, 0.2) is 0 Å². The molecule has 0 N–H and O–H groups in total. The van der Waals surface area contributed by atoms with Crippen molar-refractivity contribution in [1.29, 1.82) is 0 Å². The molecule has 132 valence electrons. The van der Waals surface area contributed by atoms with E-state index in [0.717, 1.165) is 4.90 Å². The Hall–Kier alpha value is -1.47. The molecule has 1 aliphatic carbocycles. The monoisotopic (exact) mass is 337 g/mol. The molecule has 1 saturated carbocycles. The summed E-state index contributed by atoms with van der Waals surface area (Å²) < 4.78 is 48.6. The quantitative estimate of drug-likeness (QED) is 0.742. The van der Waals surface area contributed by atoms with Crippen molar-refractivity contribution in [3.8, 4) is 0 Å². The Morgan fingerprint density at radius 2 is 1.83 bits per heavy atom. The van der Waals surface area contributed by atoms with Crippen LogP contribution in [0, 0.1) is 5.41 Å². The van der Waals surface area contributed by atoms with Crippen molar-refractivity contribution in [3.63, 3.8) is 0 Å². The number of carbonyl (C=O) groups is 2. The fourth-order valence-electron chi connectivity index (χ4n) is 3.31. The molecule has 0 aromatic rings. The molecule has 23 heavy (non-hydrogen) atoms. The van der Waals surface area contributed by atoms with Crippen LogP contribution in [0.25, 0.3) is 0 Å². The van der Waals surface area contributed by atoms with E-state index in [-0.39, 0.29) is 19.4 Å². The van der Waals surface area contributed by atoms with Crippen molar-refractivity contribution in [2.75, 3.05) is 6.61 Å². The Labute approximate surface area is 133 Å². The number of likely N-dealkylation sites (tertiary alicyclic amines) is 1. The lowest BCUT2D eigenvalue weighted by Gasteiger charge is -2.29. The second kappa shape index (κ2) is 5.56. The molecule has 0 spiro atoms. The summed E-state index contributed by atoms with van der Waals surface area (Å²) in [6.07, 6.45) is -5.89. The number of piperidine rings is 1. The first-order chi connectivity index (χ1) is 10.4. The van der Waals surface area contributed by atoms with E-state index in [1.165, 1.54) is 0 Å². The topological polar surface area (TPSA) is 55.8 Å². The first kappa shape index (κ1) is 17.9. The van der Waals surface area contributed by atoms with E-state index < -0.39 is 47.8 Å². The van der Waals surface area contributed by atoms with Crippen LogP contribution in [0.15, 0.2) is 0 Å². The fourth-order valence-corrected chi connectivity index (χ4v) is 3.31. The third kappa shape index (κ3) is 3.90. The molecule has 2 fully saturated rings. The fraction of sp³-hybridized carbons (Fsp3) is 0.867. The van der Waals surface area contributed by atoms with E-state index in [1.54, 1.807) is 27.7 Å². The highest BCUT2D eigenvalue weighted by Crippen LogP contribution is 2.64. The zero-order chi connectivity index (χ0) is 17.6.